The summed E-state index contributed by atoms with van der Waals surface area (Å²) in [5, 5.41) is 3.95. The summed E-state index contributed by atoms with van der Waals surface area (Å²) in [4.78, 5) is 4.03. The first-order chi connectivity index (χ1) is 7.84. The topological polar surface area (TPSA) is 37.3 Å². The second-order valence-corrected chi connectivity index (χ2v) is 3.14. The smallest absolute Gasteiger partial charge is 0.146 e. The normalized spacial score (nSPS) is 10.6. The molecule has 80 valence electrons. The highest BCUT2D eigenvalue weighted by Crippen LogP contribution is 2.02. The van der Waals surface area contributed by atoms with Crippen molar-refractivity contribution in [2.75, 3.05) is 5.43 Å². The quantitative estimate of drug-likeness (QED) is 0.631. The van der Waals surface area contributed by atoms with Crippen LogP contribution in [0.1, 0.15) is 5.56 Å². The molecule has 0 saturated heterocycles. The Morgan fingerprint density at radius 3 is 2.88 bits per heavy atom. The number of hydrogen-bond acceptors (Lipinski definition) is 3. The SMILES string of the molecule is Fc1cccc(/C=N/Nc2ccccn2)c1. The van der Waals surface area contributed by atoms with Crippen LogP contribution in [-0.2, 0) is 0 Å². The van der Waals surface area contributed by atoms with Gasteiger partial charge in [0.1, 0.15) is 11.6 Å². The maximum Gasteiger partial charge on any atom is 0.146 e. The number of hydrazone groups is 1. The molecule has 0 aliphatic carbocycles. The van der Waals surface area contributed by atoms with Crippen LogP contribution in [0.3, 0.4) is 0 Å². The van der Waals surface area contributed by atoms with Crippen molar-refractivity contribution in [3.63, 3.8) is 0 Å². The van der Waals surface area contributed by atoms with E-state index in [0.717, 1.165) is 0 Å². The molecule has 0 amide bonds. The minimum atomic E-state index is -0.276. The lowest BCUT2D eigenvalue weighted by Gasteiger charge is -1.97. The molecule has 0 aliphatic rings. The summed E-state index contributed by atoms with van der Waals surface area (Å²) in [5.74, 6) is 0.372. The van der Waals surface area contributed by atoms with E-state index < -0.39 is 0 Å². The van der Waals surface area contributed by atoms with E-state index in [1.54, 1.807) is 24.4 Å². The van der Waals surface area contributed by atoms with Crippen LogP contribution in [0.15, 0.2) is 53.8 Å². The first kappa shape index (κ1) is 10.3. The van der Waals surface area contributed by atoms with Gasteiger partial charge in [0.05, 0.1) is 6.21 Å². The highest BCUT2D eigenvalue weighted by Gasteiger charge is 1.91. The molecule has 0 spiro atoms. The number of pyridine rings is 1. The monoisotopic (exact) mass is 215 g/mol. The average Bonchev–Trinajstić information content (AvgIpc) is 2.30. The maximum atomic E-state index is 12.8. The van der Waals surface area contributed by atoms with Crippen LogP contribution in [-0.4, -0.2) is 11.2 Å². The van der Waals surface area contributed by atoms with Gasteiger partial charge in [-0.3, -0.25) is 5.43 Å². The lowest BCUT2D eigenvalue weighted by molar-refractivity contribution is 0.627. The fourth-order valence-electron chi connectivity index (χ4n) is 1.19. The van der Waals surface area contributed by atoms with E-state index >= 15 is 0 Å². The molecule has 1 heterocycles. The summed E-state index contributed by atoms with van der Waals surface area (Å²) in [5.41, 5.74) is 3.45. The van der Waals surface area contributed by atoms with Crippen molar-refractivity contribution in [1.29, 1.82) is 0 Å². The number of anilines is 1. The van der Waals surface area contributed by atoms with Gasteiger partial charge in [0, 0.05) is 6.20 Å². The summed E-state index contributed by atoms with van der Waals surface area (Å²) >= 11 is 0. The molecule has 0 fully saturated rings. The van der Waals surface area contributed by atoms with Gasteiger partial charge in [-0.05, 0) is 29.8 Å². The van der Waals surface area contributed by atoms with Gasteiger partial charge >= 0.3 is 0 Å². The van der Waals surface area contributed by atoms with Crippen LogP contribution >= 0.6 is 0 Å². The standard InChI is InChI=1S/C12H10FN3/c13-11-5-3-4-10(8-11)9-15-16-12-6-1-2-7-14-12/h1-9H,(H,14,16)/b15-9+. The Morgan fingerprint density at radius 2 is 2.12 bits per heavy atom. The molecule has 0 atom stereocenters. The first-order valence-electron chi connectivity index (χ1n) is 4.80. The van der Waals surface area contributed by atoms with Crippen LogP contribution in [0.25, 0.3) is 0 Å². The van der Waals surface area contributed by atoms with Gasteiger partial charge < -0.3 is 0 Å². The Balaban J connectivity index is 2.00. The Labute approximate surface area is 92.7 Å². The van der Waals surface area contributed by atoms with Gasteiger partial charge in [-0.1, -0.05) is 18.2 Å². The Kier molecular flexibility index (Phi) is 3.23. The fraction of sp³-hybridized carbons (Fsp3) is 0. The molecular formula is C12H10FN3. The van der Waals surface area contributed by atoms with E-state index in [4.69, 9.17) is 0 Å². The molecule has 2 aromatic rings. The van der Waals surface area contributed by atoms with E-state index in [1.165, 1.54) is 18.3 Å². The second-order valence-electron chi connectivity index (χ2n) is 3.14. The third-order valence-corrected chi connectivity index (χ3v) is 1.91. The third kappa shape index (κ3) is 2.88. The number of nitrogens with zero attached hydrogens (tertiary/aromatic N) is 2. The van der Waals surface area contributed by atoms with E-state index in [-0.39, 0.29) is 5.82 Å². The van der Waals surface area contributed by atoms with E-state index in [2.05, 4.69) is 15.5 Å². The van der Waals surface area contributed by atoms with Crippen LogP contribution in [0, 0.1) is 5.82 Å². The predicted octanol–water partition coefficient (Wildman–Crippen LogP) is 2.67. The molecule has 2 rings (SSSR count). The summed E-state index contributed by atoms with van der Waals surface area (Å²) in [6.07, 6.45) is 3.21. The molecule has 3 nitrogen and oxygen atoms in total. The van der Waals surface area contributed by atoms with Gasteiger partial charge in [-0.25, -0.2) is 9.37 Å². The summed E-state index contributed by atoms with van der Waals surface area (Å²) in [7, 11) is 0. The largest absolute Gasteiger partial charge is 0.261 e. The summed E-state index contributed by atoms with van der Waals surface area (Å²) < 4.78 is 12.8. The number of rotatable bonds is 3. The zero-order valence-corrected chi connectivity index (χ0v) is 8.47. The van der Waals surface area contributed by atoms with Crippen molar-refractivity contribution in [1.82, 2.24) is 4.98 Å². The average molecular weight is 215 g/mol. The molecule has 1 aromatic carbocycles. The number of nitrogens with one attached hydrogen (secondary N) is 1. The number of benzene rings is 1. The maximum absolute atomic E-state index is 12.8. The van der Waals surface area contributed by atoms with Crippen LogP contribution in [0.5, 0.6) is 0 Å². The van der Waals surface area contributed by atoms with Gasteiger partial charge in [-0.2, -0.15) is 5.10 Å². The van der Waals surface area contributed by atoms with Crippen molar-refractivity contribution in [2.45, 2.75) is 0 Å². The predicted molar refractivity (Wildman–Crippen MR) is 61.9 cm³/mol. The minimum Gasteiger partial charge on any atom is -0.261 e. The molecular weight excluding hydrogens is 205 g/mol. The van der Waals surface area contributed by atoms with Gasteiger partial charge in [0.2, 0.25) is 0 Å². The Bertz CT molecular complexity index is 483. The molecule has 0 radical (unpaired) electrons. The second kappa shape index (κ2) is 5.02. The third-order valence-electron chi connectivity index (χ3n) is 1.91. The highest BCUT2D eigenvalue weighted by atomic mass is 19.1. The molecule has 1 aromatic heterocycles. The number of halogens is 1. The van der Waals surface area contributed by atoms with Crippen LogP contribution in [0.2, 0.25) is 0 Å². The molecule has 4 heteroatoms. The molecule has 16 heavy (non-hydrogen) atoms. The van der Waals surface area contributed by atoms with Crippen molar-refractivity contribution in [2.24, 2.45) is 5.10 Å². The highest BCUT2D eigenvalue weighted by molar-refractivity contribution is 5.79. The zero-order chi connectivity index (χ0) is 11.2. The summed E-state index contributed by atoms with van der Waals surface area (Å²) in [6, 6.07) is 11.7. The van der Waals surface area contributed by atoms with Crippen LogP contribution in [0.4, 0.5) is 10.2 Å². The van der Waals surface area contributed by atoms with Gasteiger partial charge in [-0.15, -0.1) is 0 Å². The van der Waals surface area contributed by atoms with Gasteiger partial charge in [0.15, 0.2) is 0 Å². The van der Waals surface area contributed by atoms with E-state index in [9.17, 15) is 4.39 Å². The van der Waals surface area contributed by atoms with Crippen molar-refractivity contribution >= 4 is 12.0 Å². The fourth-order valence-corrected chi connectivity index (χ4v) is 1.19. The number of hydrogen-bond donors (Lipinski definition) is 1. The summed E-state index contributed by atoms with van der Waals surface area (Å²) in [6.45, 7) is 0. The van der Waals surface area contributed by atoms with Crippen molar-refractivity contribution < 1.29 is 4.39 Å². The lowest BCUT2D eigenvalue weighted by atomic mass is 10.2. The molecule has 1 N–H and O–H groups in total. The van der Waals surface area contributed by atoms with Crippen LogP contribution < -0.4 is 5.43 Å². The molecule has 0 unspecified atom stereocenters. The van der Waals surface area contributed by atoms with Gasteiger partial charge in [0.25, 0.3) is 0 Å². The molecule has 0 saturated carbocycles. The Hall–Kier alpha value is -2.23. The zero-order valence-electron chi connectivity index (χ0n) is 8.47. The first-order valence-corrected chi connectivity index (χ1v) is 4.80. The molecule has 0 bridgehead atoms. The molecule has 0 aliphatic heterocycles. The minimum absolute atomic E-state index is 0.276. The number of aromatic nitrogens is 1. The van der Waals surface area contributed by atoms with E-state index in [0.29, 0.717) is 11.4 Å². The van der Waals surface area contributed by atoms with Crippen molar-refractivity contribution in [3.8, 4) is 0 Å². The lowest BCUT2D eigenvalue weighted by Crippen LogP contribution is -1.92. The Morgan fingerprint density at radius 1 is 1.19 bits per heavy atom. The van der Waals surface area contributed by atoms with Crippen molar-refractivity contribution in [3.05, 3.63) is 60.0 Å². The van der Waals surface area contributed by atoms with E-state index in [1.807, 2.05) is 12.1 Å².